The highest BCUT2D eigenvalue weighted by atomic mass is 14.2. The zero-order valence-electron chi connectivity index (χ0n) is 10.4. The fourth-order valence-electron chi connectivity index (χ4n) is 2.58. The molecule has 0 nitrogen and oxygen atoms in total. The molecule has 0 spiro atoms. The molecule has 0 aliphatic heterocycles. The minimum absolute atomic E-state index is 0.810. The van der Waals surface area contributed by atoms with E-state index in [-0.39, 0.29) is 0 Å². The first-order valence-corrected chi connectivity index (χ1v) is 6.49. The molecule has 16 heavy (non-hydrogen) atoms. The number of aryl methyl sites for hydroxylation is 1. The molecule has 1 aliphatic rings. The van der Waals surface area contributed by atoms with E-state index in [1.54, 1.807) is 0 Å². The van der Waals surface area contributed by atoms with Gasteiger partial charge in [-0.1, -0.05) is 61.7 Å². The Morgan fingerprint density at radius 2 is 1.88 bits per heavy atom. The molecule has 0 unspecified atom stereocenters. The maximum Gasteiger partial charge on any atom is -0.0228 e. The van der Waals surface area contributed by atoms with Gasteiger partial charge >= 0.3 is 0 Å². The van der Waals surface area contributed by atoms with Crippen molar-refractivity contribution in [3.8, 4) is 0 Å². The molecule has 1 aromatic carbocycles. The molecular formula is C16H22. The molecule has 0 heterocycles. The van der Waals surface area contributed by atoms with Crippen LogP contribution in [0.5, 0.6) is 0 Å². The van der Waals surface area contributed by atoms with E-state index in [0.717, 1.165) is 11.8 Å². The normalized spacial score (nSPS) is 26.1. The second kappa shape index (κ2) is 5.34. The third kappa shape index (κ3) is 3.23. The van der Waals surface area contributed by atoms with Crippen molar-refractivity contribution in [2.45, 2.75) is 39.5 Å². The molecule has 1 aromatic rings. The Hall–Kier alpha value is -1.04. The van der Waals surface area contributed by atoms with Crippen LogP contribution in [0.2, 0.25) is 0 Å². The zero-order valence-corrected chi connectivity index (χ0v) is 10.4. The van der Waals surface area contributed by atoms with Crippen LogP contribution in [0.3, 0.4) is 0 Å². The average Bonchev–Trinajstić information content (AvgIpc) is 2.28. The molecule has 0 saturated heterocycles. The van der Waals surface area contributed by atoms with Crippen molar-refractivity contribution in [1.82, 2.24) is 0 Å². The highest BCUT2D eigenvalue weighted by molar-refractivity contribution is 5.49. The van der Waals surface area contributed by atoms with Crippen LogP contribution in [-0.4, -0.2) is 0 Å². The predicted molar refractivity (Wildman–Crippen MR) is 71.3 cm³/mol. The van der Waals surface area contributed by atoms with Crippen molar-refractivity contribution < 1.29 is 0 Å². The molecule has 0 radical (unpaired) electrons. The molecule has 1 aliphatic carbocycles. The maximum atomic E-state index is 2.42. The van der Waals surface area contributed by atoms with Gasteiger partial charge in [-0.15, -0.1) is 0 Å². The Bertz CT molecular complexity index is 345. The van der Waals surface area contributed by atoms with Gasteiger partial charge in [0.25, 0.3) is 0 Å². The Kier molecular flexibility index (Phi) is 3.82. The topological polar surface area (TPSA) is 0 Å². The van der Waals surface area contributed by atoms with Crippen LogP contribution in [0.15, 0.2) is 30.3 Å². The van der Waals surface area contributed by atoms with Crippen molar-refractivity contribution in [3.05, 3.63) is 41.5 Å². The van der Waals surface area contributed by atoms with E-state index in [4.69, 9.17) is 0 Å². The van der Waals surface area contributed by atoms with E-state index < -0.39 is 0 Å². The van der Waals surface area contributed by atoms with Gasteiger partial charge in [-0.2, -0.15) is 0 Å². The first kappa shape index (κ1) is 11.4. The summed E-state index contributed by atoms with van der Waals surface area (Å²) in [6.45, 7) is 4.52. The van der Waals surface area contributed by atoms with E-state index in [9.17, 15) is 0 Å². The molecule has 86 valence electrons. The molecule has 0 aromatic heterocycles. The van der Waals surface area contributed by atoms with Gasteiger partial charge in [0.15, 0.2) is 0 Å². The fourth-order valence-corrected chi connectivity index (χ4v) is 2.58. The smallest absolute Gasteiger partial charge is 0.0228 e. The number of rotatable bonds is 2. The van der Waals surface area contributed by atoms with E-state index in [1.165, 1.54) is 36.8 Å². The lowest BCUT2D eigenvalue weighted by Crippen LogP contribution is -2.10. The van der Waals surface area contributed by atoms with Gasteiger partial charge in [0.1, 0.15) is 0 Å². The summed E-state index contributed by atoms with van der Waals surface area (Å²) in [7, 11) is 0. The van der Waals surface area contributed by atoms with Gasteiger partial charge in [-0.05, 0) is 37.2 Å². The van der Waals surface area contributed by atoms with Crippen LogP contribution in [0.4, 0.5) is 0 Å². The highest BCUT2D eigenvalue weighted by Gasteiger charge is 2.15. The summed E-state index contributed by atoms with van der Waals surface area (Å²) in [6.07, 6.45) is 10.3. The largest absolute Gasteiger partial charge is 0.0808 e. The lowest BCUT2D eigenvalue weighted by molar-refractivity contribution is 0.326. The van der Waals surface area contributed by atoms with Gasteiger partial charge in [0.05, 0.1) is 0 Å². The number of hydrogen-bond acceptors (Lipinski definition) is 0. The van der Waals surface area contributed by atoms with Crippen LogP contribution in [0.25, 0.3) is 6.08 Å². The highest BCUT2D eigenvalue weighted by Crippen LogP contribution is 2.29. The van der Waals surface area contributed by atoms with Crippen molar-refractivity contribution in [2.75, 3.05) is 0 Å². The number of allylic oxidation sites excluding steroid dienone is 1. The monoisotopic (exact) mass is 214 g/mol. The van der Waals surface area contributed by atoms with Crippen molar-refractivity contribution >= 4 is 6.08 Å². The Morgan fingerprint density at radius 1 is 1.12 bits per heavy atom. The standard InChI is InChI=1S/C16H22/c1-13-6-8-15(9-7-13)10-11-16-5-3-4-14(2)12-16/h6-11,14,16H,3-5,12H2,1-2H3/b11-10+/t14-,16+/m0/s1. The zero-order chi connectivity index (χ0) is 11.4. The van der Waals surface area contributed by atoms with Crippen molar-refractivity contribution in [2.24, 2.45) is 11.8 Å². The minimum atomic E-state index is 0.810. The molecule has 0 amide bonds. The molecule has 2 rings (SSSR count). The Morgan fingerprint density at radius 3 is 2.56 bits per heavy atom. The molecule has 2 atom stereocenters. The molecule has 0 heteroatoms. The predicted octanol–water partition coefficient (Wildman–Crippen LogP) is 4.83. The average molecular weight is 214 g/mol. The molecule has 0 bridgehead atoms. The fraction of sp³-hybridized carbons (Fsp3) is 0.500. The summed E-state index contributed by atoms with van der Waals surface area (Å²) >= 11 is 0. The summed E-state index contributed by atoms with van der Waals surface area (Å²) in [6, 6.07) is 8.78. The summed E-state index contributed by atoms with van der Waals surface area (Å²) in [5.74, 6) is 1.73. The summed E-state index contributed by atoms with van der Waals surface area (Å²) < 4.78 is 0. The summed E-state index contributed by atoms with van der Waals surface area (Å²) in [5.41, 5.74) is 2.67. The summed E-state index contributed by atoms with van der Waals surface area (Å²) in [5, 5.41) is 0. The van der Waals surface area contributed by atoms with Gasteiger partial charge in [-0.25, -0.2) is 0 Å². The Balaban J connectivity index is 1.95. The lowest BCUT2D eigenvalue weighted by atomic mass is 9.82. The molecule has 0 N–H and O–H groups in total. The van der Waals surface area contributed by atoms with Gasteiger partial charge in [0.2, 0.25) is 0 Å². The van der Waals surface area contributed by atoms with Gasteiger partial charge in [0, 0.05) is 0 Å². The summed E-state index contributed by atoms with van der Waals surface area (Å²) in [4.78, 5) is 0. The second-order valence-electron chi connectivity index (χ2n) is 5.30. The first-order chi connectivity index (χ1) is 7.74. The van der Waals surface area contributed by atoms with Crippen molar-refractivity contribution in [3.63, 3.8) is 0 Å². The van der Waals surface area contributed by atoms with Gasteiger partial charge < -0.3 is 0 Å². The van der Waals surface area contributed by atoms with E-state index in [2.05, 4.69) is 50.3 Å². The SMILES string of the molecule is Cc1ccc(/C=C/[C@H]2CCC[C@H](C)C2)cc1. The molecule has 1 saturated carbocycles. The number of benzene rings is 1. The first-order valence-electron chi connectivity index (χ1n) is 6.49. The van der Waals surface area contributed by atoms with Crippen LogP contribution >= 0.6 is 0 Å². The van der Waals surface area contributed by atoms with Crippen LogP contribution in [0.1, 0.15) is 43.7 Å². The van der Waals surface area contributed by atoms with E-state index in [1.807, 2.05) is 0 Å². The number of hydrogen-bond donors (Lipinski definition) is 0. The van der Waals surface area contributed by atoms with Gasteiger partial charge in [-0.3, -0.25) is 0 Å². The minimum Gasteiger partial charge on any atom is -0.0808 e. The van der Waals surface area contributed by atoms with Crippen LogP contribution < -0.4 is 0 Å². The Labute approximate surface area is 99.4 Å². The molecular weight excluding hydrogens is 192 g/mol. The van der Waals surface area contributed by atoms with Crippen LogP contribution in [-0.2, 0) is 0 Å². The third-order valence-corrected chi connectivity index (χ3v) is 3.62. The third-order valence-electron chi connectivity index (χ3n) is 3.62. The van der Waals surface area contributed by atoms with Crippen molar-refractivity contribution in [1.29, 1.82) is 0 Å². The van der Waals surface area contributed by atoms with Crippen LogP contribution in [0, 0.1) is 18.8 Å². The quantitative estimate of drug-likeness (QED) is 0.661. The van der Waals surface area contributed by atoms with E-state index >= 15 is 0 Å². The maximum absolute atomic E-state index is 2.42. The van der Waals surface area contributed by atoms with E-state index in [0.29, 0.717) is 0 Å². The molecule has 1 fully saturated rings. The second-order valence-corrected chi connectivity index (χ2v) is 5.30. The lowest BCUT2D eigenvalue weighted by Gasteiger charge is -2.24.